The SMILES string of the molecule is O=C(NCc1coc(-c2ccccc2)n1)C(=O)N1CC(OCc2cccc3ccccc23)C1. The Hall–Kier alpha value is -3.97. The molecule has 2 amide bonds. The summed E-state index contributed by atoms with van der Waals surface area (Å²) >= 11 is 0. The minimum absolute atomic E-state index is 0.0790. The number of aromatic nitrogens is 1. The second-order valence-electron chi connectivity index (χ2n) is 7.97. The summed E-state index contributed by atoms with van der Waals surface area (Å²) < 4.78 is 11.4. The number of likely N-dealkylation sites (tertiary alicyclic amines) is 1. The van der Waals surface area contributed by atoms with Gasteiger partial charge in [0.1, 0.15) is 6.26 Å². The van der Waals surface area contributed by atoms with Crippen molar-refractivity contribution in [2.75, 3.05) is 13.1 Å². The Morgan fingerprint density at radius 3 is 2.61 bits per heavy atom. The summed E-state index contributed by atoms with van der Waals surface area (Å²) in [5.41, 5.74) is 2.51. The topological polar surface area (TPSA) is 84.7 Å². The monoisotopic (exact) mass is 441 g/mol. The number of amides is 2. The van der Waals surface area contributed by atoms with Gasteiger partial charge in [-0.3, -0.25) is 9.59 Å². The molecule has 0 spiro atoms. The van der Waals surface area contributed by atoms with E-state index >= 15 is 0 Å². The van der Waals surface area contributed by atoms with Crippen molar-refractivity contribution in [3.05, 3.63) is 90.3 Å². The molecule has 33 heavy (non-hydrogen) atoms. The van der Waals surface area contributed by atoms with E-state index in [0.29, 0.717) is 31.3 Å². The third-order valence-electron chi connectivity index (χ3n) is 5.69. The summed E-state index contributed by atoms with van der Waals surface area (Å²) in [6, 6.07) is 23.8. The molecule has 1 N–H and O–H groups in total. The minimum Gasteiger partial charge on any atom is -0.444 e. The van der Waals surface area contributed by atoms with Gasteiger partial charge in [0.25, 0.3) is 0 Å². The van der Waals surface area contributed by atoms with Crippen LogP contribution in [0.3, 0.4) is 0 Å². The fourth-order valence-electron chi connectivity index (χ4n) is 3.83. The number of hydrogen-bond donors (Lipinski definition) is 1. The van der Waals surface area contributed by atoms with E-state index in [0.717, 1.165) is 16.5 Å². The summed E-state index contributed by atoms with van der Waals surface area (Å²) in [6.07, 6.45) is 1.40. The van der Waals surface area contributed by atoms with E-state index in [1.54, 1.807) is 0 Å². The summed E-state index contributed by atoms with van der Waals surface area (Å²) in [4.78, 5) is 30.5. The normalized spacial score (nSPS) is 13.6. The van der Waals surface area contributed by atoms with E-state index in [9.17, 15) is 9.59 Å². The van der Waals surface area contributed by atoms with Gasteiger partial charge in [0.2, 0.25) is 5.89 Å². The highest BCUT2D eigenvalue weighted by molar-refractivity contribution is 6.35. The Balaban J connectivity index is 1.08. The molecule has 1 aliphatic heterocycles. The van der Waals surface area contributed by atoms with E-state index in [4.69, 9.17) is 9.15 Å². The van der Waals surface area contributed by atoms with Crippen LogP contribution in [0, 0.1) is 0 Å². The molecule has 3 aromatic carbocycles. The second kappa shape index (κ2) is 9.26. The third kappa shape index (κ3) is 4.63. The Kier molecular flexibility index (Phi) is 5.87. The number of ether oxygens (including phenoxy) is 1. The van der Waals surface area contributed by atoms with Gasteiger partial charge in [-0.25, -0.2) is 4.98 Å². The van der Waals surface area contributed by atoms with Gasteiger partial charge < -0.3 is 19.4 Å². The van der Waals surface area contributed by atoms with Crippen molar-refractivity contribution < 1.29 is 18.7 Å². The molecule has 7 nitrogen and oxygen atoms in total. The number of carbonyl (C=O) groups is 2. The molecule has 1 fully saturated rings. The van der Waals surface area contributed by atoms with Crippen LogP contribution in [0.1, 0.15) is 11.3 Å². The molecule has 0 bridgehead atoms. The molecular formula is C26H23N3O4. The van der Waals surface area contributed by atoms with Crippen molar-refractivity contribution >= 4 is 22.6 Å². The van der Waals surface area contributed by atoms with Gasteiger partial charge in [0.15, 0.2) is 0 Å². The average molecular weight is 441 g/mol. The highest BCUT2D eigenvalue weighted by Gasteiger charge is 2.34. The first-order valence-electron chi connectivity index (χ1n) is 10.8. The smallest absolute Gasteiger partial charge is 0.312 e. The van der Waals surface area contributed by atoms with Crippen molar-refractivity contribution in [2.24, 2.45) is 0 Å². The van der Waals surface area contributed by atoms with Crippen LogP contribution in [0.2, 0.25) is 0 Å². The van der Waals surface area contributed by atoms with E-state index < -0.39 is 11.8 Å². The maximum atomic E-state index is 12.4. The molecule has 0 unspecified atom stereocenters. The van der Waals surface area contributed by atoms with Crippen LogP contribution in [0.25, 0.3) is 22.2 Å². The lowest BCUT2D eigenvalue weighted by Gasteiger charge is -2.38. The molecule has 0 radical (unpaired) electrons. The molecule has 4 aromatic rings. The highest BCUT2D eigenvalue weighted by atomic mass is 16.5. The predicted molar refractivity (Wildman–Crippen MR) is 123 cm³/mol. The molecular weight excluding hydrogens is 418 g/mol. The van der Waals surface area contributed by atoms with Crippen LogP contribution in [0.5, 0.6) is 0 Å². The summed E-state index contributed by atoms with van der Waals surface area (Å²) in [7, 11) is 0. The van der Waals surface area contributed by atoms with Gasteiger partial charge in [-0.1, -0.05) is 60.7 Å². The molecule has 166 valence electrons. The van der Waals surface area contributed by atoms with Crippen molar-refractivity contribution in [2.45, 2.75) is 19.3 Å². The van der Waals surface area contributed by atoms with Crippen molar-refractivity contribution in [3.63, 3.8) is 0 Å². The molecule has 0 atom stereocenters. The van der Waals surface area contributed by atoms with E-state index in [1.807, 2.05) is 54.6 Å². The van der Waals surface area contributed by atoms with E-state index in [2.05, 4.69) is 28.5 Å². The zero-order valence-electron chi connectivity index (χ0n) is 17.9. The highest BCUT2D eigenvalue weighted by Crippen LogP contribution is 2.21. The average Bonchev–Trinajstić information content (AvgIpc) is 3.31. The molecule has 0 saturated carbocycles. The van der Waals surface area contributed by atoms with Gasteiger partial charge in [-0.15, -0.1) is 0 Å². The molecule has 5 rings (SSSR count). The fraction of sp³-hybridized carbons (Fsp3) is 0.192. The maximum absolute atomic E-state index is 12.4. The maximum Gasteiger partial charge on any atom is 0.312 e. The Bertz CT molecular complexity index is 1270. The van der Waals surface area contributed by atoms with Crippen molar-refractivity contribution in [1.29, 1.82) is 0 Å². The number of nitrogens with zero attached hydrogens (tertiary/aromatic N) is 2. The summed E-state index contributed by atoms with van der Waals surface area (Å²) in [6.45, 7) is 1.39. The lowest BCUT2D eigenvalue weighted by molar-refractivity contribution is -0.155. The van der Waals surface area contributed by atoms with Crippen LogP contribution in [0.4, 0.5) is 0 Å². The van der Waals surface area contributed by atoms with Gasteiger partial charge >= 0.3 is 11.8 Å². The number of rotatable bonds is 6. The number of benzene rings is 3. The fourth-order valence-corrected chi connectivity index (χ4v) is 3.83. The number of nitrogens with one attached hydrogen (secondary N) is 1. The zero-order chi connectivity index (χ0) is 22.6. The van der Waals surface area contributed by atoms with Gasteiger partial charge in [0, 0.05) is 18.7 Å². The Morgan fingerprint density at radius 2 is 1.76 bits per heavy atom. The summed E-state index contributed by atoms with van der Waals surface area (Å²) in [5, 5.41) is 4.94. The van der Waals surface area contributed by atoms with E-state index in [-0.39, 0.29) is 12.6 Å². The Morgan fingerprint density at radius 1 is 1.00 bits per heavy atom. The van der Waals surface area contributed by atoms with Gasteiger partial charge in [-0.2, -0.15) is 0 Å². The van der Waals surface area contributed by atoms with Crippen LogP contribution in [-0.2, 0) is 27.5 Å². The molecule has 1 aromatic heterocycles. The molecule has 1 saturated heterocycles. The summed E-state index contributed by atoms with van der Waals surface area (Å²) in [5.74, 6) is -0.751. The molecule has 2 heterocycles. The number of oxazole rings is 1. The first kappa shape index (κ1) is 20.9. The number of hydrogen-bond acceptors (Lipinski definition) is 5. The predicted octanol–water partition coefficient (Wildman–Crippen LogP) is 3.54. The van der Waals surface area contributed by atoms with Crippen LogP contribution >= 0.6 is 0 Å². The van der Waals surface area contributed by atoms with Crippen molar-refractivity contribution in [3.8, 4) is 11.5 Å². The van der Waals surface area contributed by atoms with Crippen LogP contribution in [0.15, 0.2) is 83.5 Å². The third-order valence-corrected chi connectivity index (χ3v) is 5.69. The van der Waals surface area contributed by atoms with Crippen molar-refractivity contribution in [1.82, 2.24) is 15.2 Å². The first-order chi connectivity index (χ1) is 16.2. The van der Waals surface area contributed by atoms with Gasteiger partial charge in [-0.05, 0) is 28.5 Å². The molecule has 7 heteroatoms. The lowest BCUT2D eigenvalue weighted by atomic mass is 10.1. The number of fused-ring (bicyclic) bond motifs is 1. The standard InChI is InChI=1S/C26H23N3O4/c30-24(27-13-21-17-33-25(28-21)19-8-2-1-3-9-19)26(31)29-14-22(15-29)32-16-20-11-6-10-18-7-4-5-12-23(18)20/h1-12,17,22H,13-16H2,(H,27,30). The lowest BCUT2D eigenvalue weighted by Crippen LogP contribution is -2.58. The minimum atomic E-state index is -0.660. The quantitative estimate of drug-likeness (QED) is 0.463. The zero-order valence-corrected chi connectivity index (χ0v) is 17.9. The molecule has 1 aliphatic rings. The van der Waals surface area contributed by atoms with Crippen LogP contribution < -0.4 is 5.32 Å². The first-order valence-corrected chi connectivity index (χ1v) is 10.8. The Labute approximate surface area is 191 Å². The van der Waals surface area contributed by atoms with Gasteiger partial charge in [0.05, 0.1) is 24.9 Å². The second-order valence-corrected chi connectivity index (χ2v) is 7.97. The molecule has 0 aliphatic carbocycles. The van der Waals surface area contributed by atoms with E-state index in [1.165, 1.54) is 16.5 Å². The number of carbonyl (C=O) groups excluding carboxylic acids is 2. The van der Waals surface area contributed by atoms with Crippen LogP contribution in [-0.4, -0.2) is 40.9 Å². The largest absolute Gasteiger partial charge is 0.444 e.